The highest BCUT2D eigenvalue weighted by Crippen LogP contribution is 2.27. The van der Waals surface area contributed by atoms with Gasteiger partial charge in [-0.25, -0.2) is 4.98 Å². The number of anilines is 1. The molecule has 4 aromatic rings. The summed E-state index contributed by atoms with van der Waals surface area (Å²) in [5.74, 6) is 0.109. The number of hydrogen-bond donors (Lipinski definition) is 1. The Balaban J connectivity index is 1.44. The Kier molecular flexibility index (Phi) is 5.19. The molecule has 0 spiro atoms. The van der Waals surface area contributed by atoms with E-state index in [0.717, 1.165) is 16.9 Å². The van der Waals surface area contributed by atoms with Crippen molar-refractivity contribution in [2.24, 2.45) is 0 Å². The number of rotatable bonds is 5. The molecule has 0 aliphatic rings. The van der Waals surface area contributed by atoms with E-state index in [1.54, 1.807) is 18.2 Å². The maximum atomic E-state index is 12.2. The number of amides is 1. The molecule has 0 saturated heterocycles. The van der Waals surface area contributed by atoms with Crippen molar-refractivity contribution >= 4 is 40.4 Å². The molecule has 4 rings (SSSR count). The fourth-order valence-electron chi connectivity index (χ4n) is 2.76. The third-order valence-electron chi connectivity index (χ3n) is 4.06. The molecular formula is C21H15Cl2N3O2. The van der Waals surface area contributed by atoms with Crippen LogP contribution in [0.15, 0.2) is 73.1 Å². The number of imidazole rings is 1. The van der Waals surface area contributed by atoms with Crippen LogP contribution in [0.3, 0.4) is 0 Å². The zero-order valence-electron chi connectivity index (χ0n) is 14.6. The third kappa shape index (κ3) is 4.11. The van der Waals surface area contributed by atoms with Crippen molar-refractivity contribution < 1.29 is 9.53 Å². The lowest BCUT2D eigenvalue weighted by atomic mass is 10.1. The average Bonchev–Trinajstić information content (AvgIpc) is 3.12. The van der Waals surface area contributed by atoms with Crippen molar-refractivity contribution in [1.82, 2.24) is 9.38 Å². The van der Waals surface area contributed by atoms with Crippen molar-refractivity contribution in [3.8, 4) is 17.0 Å². The first-order valence-electron chi connectivity index (χ1n) is 8.50. The van der Waals surface area contributed by atoms with Crippen LogP contribution < -0.4 is 10.1 Å². The zero-order valence-corrected chi connectivity index (χ0v) is 16.1. The van der Waals surface area contributed by atoms with Gasteiger partial charge >= 0.3 is 0 Å². The van der Waals surface area contributed by atoms with Gasteiger partial charge in [-0.3, -0.25) is 4.79 Å². The van der Waals surface area contributed by atoms with Gasteiger partial charge in [-0.2, -0.15) is 0 Å². The molecule has 0 radical (unpaired) electrons. The molecule has 1 amide bonds. The summed E-state index contributed by atoms with van der Waals surface area (Å²) >= 11 is 11.9. The number of hydrogen-bond acceptors (Lipinski definition) is 3. The number of pyridine rings is 1. The SMILES string of the molecule is O=C(COc1ccc(Cl)cc1Cl)Nc1cccc(-c2cn3ccccc3n2)c1. The van der Waals surface area contributed by atoms with Gasteiger partial charge in [0.25, 0.3) is 5.91 Å². The quantitative estimate of drug-likeness (QED) is 0.482. The van der Waals surface area contributed by atoms with Crippen molar-refractivity contribution in [2.75, 3.05) is 11.9 Å². The Labute approximate surface area is 171 Å². The van der Waals surface area contributed by atoms with E-state index in [0.29, 0.717) is 21.5 Å². The molecule has 0 unspecified atom stereocenters. The van der Waals surface area contributed by atoms with Gasteiger partial charge in [0.2, 0.25) is 0 Å². The fraction of sp³-hybridized carbons (Fsp3) is 0.0476. The van der Waals surface area contributed by atoms with E-state index in [2.05, 4.69) is 10.3 Å². The lowest BCUT2D eigenvalue weighted by Crippen LogP contribution is -2.20. The number of carbonyl (C=O) groups is 1. The van der Waals surface area contributed by atoms with E-state index in [1.807, 2.05) is 59.3 Å². The number of fused-ring (bicyclic) bond motifs is 1. The second-order valence-corrected chi connectivity index (χ2v) is 6.93. The first-order chi connectivity index (χ1) is 13.6. The lowest BCUT2D eigenvalue weighted by Gasteiger charge is -2.09. The second-order valence-electron chi connectivity index (χ2n) is 6.08. The molecule has 2 aromatic heterocycles. The van der Waals surface area contributed by atoms with Crippen molar-refractivity contribution in [3.63, 3.8) is 0 Å². The maximum Gasteiger partial charge on any atom is 0.262 e. The predicted octanol–water partition coefficient (Wildman–Crippen LogP) is 5.33. The normalized spacial score (nSPS) is 10.8. The van der Waals surface area contributed by atoms with Crippen LogP contribution in [0, 0.1) is 0 Å². The Morgan fingerprint density at radius 1 is 1.07 bits per heavy atom. The van der Waals surface area contributed by atoms with Gasteiger partial charge in [0.15, 0.2) is 6.61 Å². The average molecular weight is 412 g/mol. The van der Waals surface area contributed by atoms with E-state index in [4.69, 9.17) is 27.9 Å². The Hall–Kier alpha value is -3.02. The molecule has 2 aromatic carbocycles. The van der Waals surface area contributed by atoms with E-state index in [9.17, 15) is 4.79 Å². The Morgan fingerprint density at radius 3 is 2.79 bits per heavy atom. The number of benzene rings is 2. The molecule has 7 heteroatoms. The van der Waals surface area contributed by atoms with Gasteiger partial charge in [0.1, 0.15) is 11.4 Å². The highest BCUT2D eigenvalue weighted by Gasteiger charge is 2.09. The lowest BCUT2D eigenvalue weighted by molar-refractivity contribution is -0.118. The monoisotopic (exact) mass is 411 g/mol. The summed E-state index contributed by atoms with van der Waals surface area (Å²) in [4.78, 5) is 16.8. The molecule has 0 bridgehead atoms. The summed E-state index contributed by atoms with van der Waals surface area (Å²) < 4.78 is 7.41. The van der Waals surface area contributed by atoms with Gasteiger partial charge in [-0.15, -0.1) is 0 Å². The molecule has 28 heavy (non-hydrogen) atoms. The molecule has 140 valence electrons. The molecule has 0 atom stereocenters. The van der Waals surface area contributed by atoms with E-state index >= 15 is 0 Å². The second kappa shape index (κ2) is 7.92. The summed E-state index contributed by atoms with van der Waals surface area (Å²) in [5, 5.41) is 3.68. The Bertz CT molecular complexity index is 1120. The van der Waals surface area contributed by atoms with E-state index in [1.165, 1.54) is 0 Å². The number of nitrogens with one attached hydrogen (secondary N) is 1. The van der Waals surface area contributed by atoms with Gasteiger partial charge < -0.3 is 14.5 Å². The molecule has 0 aliphatic heterocycles. The van der Waals surface area contributed by atoms with E-state index < -0.39 is 0 Å². The molecule has 0 saturated carbocycles. The van der Waals surface area contributed by atoms with E-state index in [-0.39, 0.29) is 12.5 Å². The number of aromatic nitrogens is 2. The predicted molar refractivity (Wildman–Crippen MR) is 111 cm³/mol. The molecule has 2 heterocycles. The number of ether oxygens (including phenoxy) is 1. The van der Waals surface area contributed by atoms with Crippen LogP contribution in [0.5, 0.6) is 5.75 Å². The van der Waals surface area contributed by atoms with Crippen LogP contribution in [0.1, 0.15) is 0 Å². The summed E-state index contributed by atoms with van der Waals surface area (Å²) in [6.45, 7) is -0.167. The zero-order chi connectivity index (χ0) is 19.5. The molecule has 0 fully saturated rings. The summed E-state index contributed by atoms with van der Waals surface area (Å²) in [7, 11) is 0. The summed E-state index contributed by atoms with van der Waals surface area (Å²) in [5.41, 5.74) is 3.25. The smallest absolute Gasteiger partial charge is 0.262 e. The molecule has 5 nitrogen and oxygen atoms in total. The standard InChI is InChI=1S/C21H15Cl2N3O2/c22-15-7-8-19(17(23)11-15)28-13-21(27)24-16-5-3-4-14(10-16)18-12-26-9-2-1-6-20(26)25-18/h1-12H,13H2,(H,24,27). The number of halogens is 2. The highest BCUT2D eigenvalue weighted by molar-refractivity contribution is 6.35. The van der Waals surface area contributed by atoms with Gasteiger partial charge in [0, 0.05) is 28.7 Å². The highest BCUT2D eigenvalue weighted by atomic mass is 35.5. The van der Waals surface area contributed by atoms with Crippen LogP contribution in [-0.4, -0.2) is 21.9 Å². The van der Waals surface area contributed by atoms with Gasteiger partial charge in [-0.05, 0) is 42.5 Å². The van der Waals surface area contributed by atoms with Crippen molar-refractivity contribution in [2.45, 2.75) is 0 Å². The third-order valence-corrected chi connectivity index (χ3v) is 4.59. The Morgan fingerprint density at radius 2 is 1.96 bits per heavy atom. The van der Waals surface area contributed by atoms with Crippen molar-refractivity contribution in [3.05, 3.63) is 83.1 Å². The van der Waals surface area contributed by atoms with Crippen LogP contribution in [-0.2, 0) is 4.79 Å². The first kappa shape index (κ1) is 18.3. The van der Waals surface area contributed by atoms with Crippen LogP contribution in [0.4, 0.5) is 5.69 Å². The minimum atomic E-state index is -0.293. The minimum Gasteiger partial charge on any atom is -0.482 e. The van der Waals surface area contributed by atoms with Crippen LogP contribution >= 0.6 is 23.2 Å². The van der Waals surface area contributed by atoms with Crippen LogP contribution in [0.25, 0.3) is 16.9 Å². The summed E-state index contributed by atoms with van der Waals surface area (Å²) in [6, 6.07) is 18.2. The first-order valence-corrected chi connectivity index (χ1v) is 9.26. The van der Waals surface area contributed by atoms with Gasteiger partial charge in [0.05, 0.1) is 10.7 Å². The van der Waals surface area contributed by atoms with Crippen molar-refractivity contribution in [1.29, 1.82) is 0 Å². The maximum absolute atomic E-state index is 12.2. The number of nitrogens with zero attached hydrogens (tertiary/aromatic N) is 2. The van der Waals surface area contributed by atoms with Gasteiger partial charge in [-0.1, -0.05) is 41.4 Å². The fourth-order valence-corrected chi connectivity index (χ4v) is 3.23. The largest absolute Gasteiger partial charge is 0.482 e. The minimum absolute atomic E-state index is 0.167. The molecule has 1 N–H and O–H groups in total. The van der Waals surface area contributed by atoms with Crippen LogP contribution in [0.2, 0.25) is 10.0 Å². The summed E-state index contributed by atoms with van der Waals surface area (Å²) in [6.07, 6.45) is 3.89. The molecular weight excluding hydrogens is 397 g/mol. The topological polar surface area (TPSA) is 55.6 Å². The number of carbonyl (C=O) groups excluding carboxylic acids is 1. The molecule has 0 aliphatic carbocycles.